The van der Waals surface area contributed by atoms with Gasteiger partial charge in [0.15, 0.2) is 0 Å². The number of thioether (sulfide) groups is 1. The van der Waals surface area contributed by atoms with Gasteiger partial charge in [0.2, 0.25) is 10.0 Å². The van der Waals surface area contributed by atoms with Crippen molar-refractivity contribution < 1.29 is 35.5 Å². The largest absolute Gasteiger partial charge is 0.384 e. The molecule has 3 heterocycles. The number of thiophene rings is 2. The van der Waals surface area contributed by atoms with Crippen LogP contribution in [0.15, 0.2) is 37.6 Å². The number of nitrogens with two attached hydrogens (primary N) is 1. The number of hydrogen-bond donors (Lipinski definition) is 4. The van der Waals surface area contributed by atoms with Crippen molar-refractivity contribution in [3.63, 3.8) is 0 Å². The minimum atomic E-state index is -4.03. The summed E-state index contributed by atoms with van der Waals surface area (Å²) >= 11 is 3.72. The van der Waals surface area contributed by atoms with E-state index in [1.54, 1.807) is 32.4 Å². The Labute approximate surface area is 264 Å². The number of aryl methyl sites for hydroxylation is 2. The van der Waals surface area contributed by atoms with E-state index in [4.69, 9.17) is 14.6 Å². The van der Waals surface area contributed by atoms with Crippen LogP contribution in [0.4, 0.5) is 20.8 Å². The third kappa shape index (κ3) is 11.9. The van der Waals surface area contributed by atoms with Gasteiger partial charge in [-0.1, -0.05) is 0 Å². The van der Waals surface area contributed by atoms with E-state index in [9.17, 15) is 26.0 Å². The minimum Gasteiger partial charge on any atom is -0.384 e. The molecular formula is C25H36FN5O7S5. The Hall–Kier alpha value is -2.32. The molecule has 3 rings (SSSR count). The van der Waals surface area contributed by atoms with Gasteiger partial charge in [-0.3, -0.25) is 5.32 Å². The fourth-order valence-electron chi connectivity index (χ4n) is 3.40. The Balaban J connectivity index is 0.000000385. The Kier molecular flexibility index (Phi) is 14.8. The maximum absolute atomic E-state index is 12.5. The molecular weight excluding hydrogens is 662 g/mol. The van der Waals surface area contributed by atoms with Crippen LogP contribution in [0.25, 0.3) is 0 Å². The highest BCUT2D eigenvalue weighted by Crippen LogP contribution is 2.27. The summed E-state index contributed by atoms with van der Waals surface area (Å²) in [5.74, 6) is 0.526. The van der Waals surface area contributed by atoms with Crippen LogP contribution in [-0.4, -0.2) is 74.8 Å². The third-order valence-corrected chi connectivity index (χ3v) is 12.0. The van der Waals surface area contributed by atoms with E-state index < -0.39 is 32.8 Å². The standard InChI is InChI=1S/C17H23FN4O4S3.C8H13NO3S2/c1-11-8-16(28-13(11)4-7-26-2)29(24,25)22-17(23)21-15-10-12(27-3)9-14(20-15)19-6-5-18;1-6-5-8(14(9,10)11)13-7(6)3-4-12-2/h8-10H,4-7H2,1-3H3,(H3,19,20,21,22,23);5H,3-4H2,1-2H3,(H2,9,10,11). The van der Waals surface area contributed by atoms with Crippen molar-refractivity contribution in [2.24, 2.45) is 5.14 Å². The van der Waals surface area contributed by atoms with Crippen molar-refractivity contribution in [1.29, 1.82) is 0 Å². The number of pyridine rings is 1. The zero-order valence-corrected chi connectivity index (χ0v) is 28.4. The molecule has 12 nitrogen and oxygen atoms in total. The lowest BCUT2D eigenvalue weighted by Crippen LogP contribution is -2.34. The van der Waals surface area contributed by atoms with Crippen LogP contribution in [0.1, 0.15) is 20.9 Å². The average molecular weight is 698 g/mol. The van der Waals surface area contributed by atoms with Gasteiger partial charge in [0, 0.05) is 48.3 Å². The predicted octanol–water partition coefficient (Wildman–Crippen LogP) is 4.15. The molecule has 0 saturated heterocycles. The Morgan fingerprint density at radius 2 is 1.49 bits per heavy atom. The van der Waals surface area contributed by atoms with E-state index in [1.807, 2.05) is 24.8 Å². The normalized spacial score (nSPS) is 11.5. The summed E-state index contributed by atoms with van der Waals surface area (Å²) in [6.45, 7) is 4.25. The molecule has 3 aromatic rings. The van der Waals surface area contributed by atoms with E-state index in [-0.39, 0.29) is 20.8 Å². The molecule has 43 heavy (non-hydrogen) atoms. The number of methoxy groups -OCH3 is 2. The van der Waals surface area contributed by atoms with E-state index in [0.29, 0.717) is 25.5 Å². The lowest BCUT2D eigenvalue weighted by molar-refractivity contribution is 0.203. The summed E-state index contributed by atoms with van der Waals surface area (Å²) < 4.78 is 71.7. The third-order valence-electron chi connectivity index (χ3n) is 5.51. The highest BCUT2D eigenvalue weighted by atomic mass is 32.3. The van der Waals surface area contributed by atoms with Gasteiger partial charge in [0.1, 0.15) is 26.7 Å². The van der Waals surface area contributed by atoms with Crippen molar-refractivity contribution in [2.45, 2.75) is 40.0 Å². The summed E-state index contributed by atoms with van der Waals surface area (Å²) in [6, 6.07) is 5.49. The summed E-state index contributed by atoms with van der Waals surface area (Å²) in [7, 11) is -4.39. The zero-order valence-electron chi connectivity index (χ0n) is 24.4. The van der Waals surface area contributed by atoms with Crippen LogP contribution in [-0.2, 0) is 42.4 Å². The number of nitrogens with zero attached hydrogens (tertiary/aromatic N) is 1. The Morgan fingerprint density at radius 1 is 0.953 bits per heavy atom. The number of primary sulfonamides is 1. The molecule has 2 amide bonds. The first kappa shape index (κ1) is 36.9. The maximum atomic E-state index is 12.5. The second-order valence-electron chi connectivity index (χ2n) is 8.83. The van der Waals surface area contributed by atoms with Gasteiger partial charge < -0.3 is 14.8 Å². The first-order chi connectivity index (χ1) is 20.2. The number of anilines is 2. The van der Waals surface area contributed by atoms with Crippen LogP contribution >= 0.6 is 34.4 Å². The molecule has 0 unspecified atom stereocenters. The molecule has 18 heteroatoms. The van der Waals surface area contributed by atoms with Gasteiger partial charge in [-0.25, -0.2) is 40.9 Å². The molecule has 0 aliphatic heterocycles. The fraction of sp³-hybridized carbons (Fsp3) is 0.440. The number of aromatic nitrogens is 1. The highest BCUT2D eigenvalue weighted by Gasteiger charge is 2.22. The van der Waals surface area contributed by atoms with Gasteiger partial charge in [0.25, 0.3) is 10.0 Å². The van der Waals surface area contributed by atoms with Crippen LogP contribution < -0.4 is 20.5 Å². The molecule has 0 aliphatic rings. The smallest absolute Gasteiger partial charge is 0.334 e. The van der Waals surface area contributed by atoms with Crippen molar-refractivity contribution in [1.82, 2.24) is 9.71 Å². The molecule has 240 valence electrons. The average Bonchev–Trinajstić information content (AvgIpc) is 3.51. The summed E-state index contributed by atoms with van der Waals surface area (Å²) in [5, 5.41) is 10.2. The van der Waals surface area contributed by atoms with Crippen molar-refractivity contribution in [3.05, 3.63) is 45.1 Å². The molecule has 5 N–H and O–H groups in total. The summed E-state index contributed by atoms with van der Waals surface area (Å²) in [5.41, 5.74) is 1.78. The molecule has 0 saturated carbocycles. The van der Waals surface area contributed by atoms with Crippen LogP contribution in [0.3, 0.4) is 0 Å². The number of urea groups is 1. The number of carbonyl (C=O) groups is 1. The number of hydrogen-bond acceptors (Lipinski definition) is 12. The molecule has 3 aromatic heterocycles. The number of nitrogens with one attached hydrogen (secondary N) is 3. The second kappa shape index (κ2) is 17.2. The number of rotatable bonds is 14. The van der Waals surface area contributed by atoms with E-state index in [0.717, 1.165) is 43.5 Å². The van der Waals surface area contributed by atoms with Gasteiger partial charge in [0.05, 0.1) is 13.2 Å². The van der Waals surface area contributed by atoms with Crippen molar-refractivity contribution in [2.75, 3.05) is 57.5 Å². The molecule has 0 fully saturated rings. The molecule has 0 aromatic carbocycles. The number of ether oxygens (including phenoxy) is 2. The number of halogens is 1. The van der Waals surface area contributed by atoms with Crippen molar-refractivity contribution in [3.8, 4) is 0 Å². The van der Waals surface area contributed by atoms with Crippen LogP contribution in [0.5, 0.6) is 0 Å². The Morgan fingerprint density at radius 3 is 1.98 bits per heavy atom. The topological polar surface area (TPSA) is 179 Å². The van der Waals surface area contributed by atoms with Crippen LogP contribution in [0.2, 0.25) is 0 Å². The molecule has 0 radical (unpaired) electrons. The van der Waals surface area contributed by atoms with Crippen molar-refractivity contribution >= 4 is 72.1 Å². The quantitative estimate of drug-likeness (QED) is 0.179. The number of sulfonamides is 2. The highest BCUT2D eigenvalue weighted by molar-refractivity contribution is 7.98. The van der Waals surface area contributed by atoms with Gasteiger partial charge in [-0.15, -0.1) is 34.4 Å². The lowest BCUT2D eigenvalue weighted by atomic mass is 10.2. The zero-order chi connectivity index (χ0) is 32.2. The number of amides is 2. The first-order valence-electron chi connectivity index (χ1n) is 12.6. The van der Waals surface area contributed by atoms with E-state index in [2.05, 4.69) is 15.6 Å². The lowest BCUT2D eigenvalue weighted by Gasteiger charge is -2.10. The first-order valence-corrected chi connectivity index (χ1v) is 18.5. The Bertz CT molecular complexity index is 1580. The SMILES string of the molecule is COCCc1sc(S(=O)(=O)NC(=O)Nc2cc(SC)cc(NCCF)n2)cc1C.COCCc1sc(S(N)(=O)=O)cc1C. The number of carbonyl (C=O) groups excluding carboxylic acids is 1. The molecule has 0 bridgehead atoms. The van der Waals surface area contributed by atoms with Gasteiger partial charge >= 0.3 is 6.03 Å². The van der Waals surface area contributed by atoms with Gasteiger partial charge in [-0.2, -0.15) is 0 Å². The minimum absolute atomic E-state index is 0.0485. The van der Waals surface area contributed by atoms with Gasteiger partial charge in [-0.05, 0) is 55.5 Å². The molecule has 0 spiro atoms. The summed E-state index contributed by atoms with van der Waals surface area (Å²) in [6.07, 6.45) is 3.15. The van der Waals surface area contributed by atoms with E-state index >= 15 is 0 Å². The summed E-state index contributed by atoms with van der Waals surface area (Å²) in [4.78, 5) is 19.1. The second-order valence-corrected chi connectivity index (χ2v) is 15.7. The molecule has 0 aliphatic carbocycles. The predicted molar refractivity (Wildman–Crippen MR) is 170 cm³/mol. The molecule has 0 atom stereocenters. The monoisotopic (exact) mass is 697 g/mol. The maximum Gasteiger partial charge on any atom is 0.334 e. The van der Waals surface area contributed by atoms with Crippen LogP contribution in [0, 0.1) is 13.8 Å². The van der Waals surface area contributed by atoms with E-state index in [1.165, 1.54) is 29.2 Å². The number of alkyl halides is 1. The fourth-order valence-corrected chi connectivity index (χ4v) is 8.33.